The summed E-state index contributed by atoms with van der Waals surface area (Å²) in [5.74, 6) is 1.62. The second-order valence-corrected chi connectivity index (χ2v) is 8.56. The molecular weight excluding hydrogens is 464 g/mol. The van der Waals surface area contributed by atoms with E-state index in [1.165, 1.54) is 17.3 Å². The van der Waals surface area contributed by atoms with Gasteiger partial charge < -0.3 is 10.1 Å². The van der Waals surface area contributed by atoms with Gasteiger partial charge in [0.1, 0.15) is 12.4 Å². The second kappa shape index (κ2) is 10.4. The van der Waals surface area contributed by atoms with Crippen molar-refractivity contribution in [3.05, 3.63) is 76.5 Å². The molecule has 0 unspecified atom stereocenters. The first-order valence-corrected chi connectivity index (χ1v) is 11.2. The van der Waals surface area contributed by atoms with Crippen molar-refractivity contribution in [2.24, 2.45) is 0 Å². The van der Waals surface area contributed by atoms with Gasteiger partial charge in [0.15, 0.2) is 11.0 Å². The summed E-state index contributed by atoms with van der Waals surface area (Å²) in [6.07, 6.45) is 1.77. The summed E-state index contributed by atoms with van der Waals surface area (Å²) in [6, 6.07) is 13.5. The van der Waals surface area contributed by atoms with Gasteiger partial charge in [0.05, 0.1) is 5.75 Å². The number of benzene rings is 2. The summed E-state index contributed by atoms with van der Waals surface area (Å²) in [5.41, 5.74) is 3.01. The van der Waals surface area contributed by atoms with Crippen LogP contribution in [0.4, 0.5) is 5.69 Å². The van der Waals surface area contributed by atoms with Gasteiger partial charge in [0.2, 0.25) is 5.91 Å². The number of aromatic nitrogens is 3. The Morgan fingerprint density at radius 2 is 2.00 bits per heavy atom. The molecule has 0 bridgehead atoms. The molecule has 0 saturated carbocycles. The summed E-state index contributed by atoms with van der Waals surface area (Å²) in [6.45, 7) is 8.70. The Morgan fingerprint density at radius 1 is 1.23 bits per heavy atom. The monoisotopic (exact) mass is 486 g/mol. The summed E-state index contributed by atoms with van der Waals surface area (Å²) >= 11 is 4.71. The number of amides is 1. The van der Waals surface area contributed by atoms with Crippen LogP contribution in [-0.2, 0) is 17.9 Å². The molecule has 0 atom stereocenters. The molecular formula is C22H23BrN4O2S. The minimum absolute atomic E-state index is 0.108. The van der Waals surface area contributed by atoms with Crippen molar-refractivity contribution < 1.29 is 9.53 Å². The summed E-state index contributed by atoms with van der Waals surface area (Å²) in [5, 5.41) is 12.0. The number of hydrogen-bond acceptors (Lipinski definition) is 5. The van der Waals surface area contributed by atoms with Crippen LogP contribution < -0.4 is 10.1 Å². The highest BCUT2D eigenvalue weighted by atomic mass is 79.9. The maximum atomic E-state index is 12.3. The van der Waals surface area contributed by atoms with Crippen molar-refractivity contribution in [3.63, 3.8) is 0 Å². The highest BCUT2D eigenvalue weighted by Gasteiger charge is 2.14. The molecule has 6 nitrogen and oxygen atoms in total. The van der Waals surface area contributed by atoms with Crippen LogP contribution in [0.1, 0.15) is 17.0 Å². The molecule has 3 rings (SSSR count). The minimum Gasteiger partial charge on any atom is -0.485 e. The highest BCUT2D eigenvalue weighted by Crippen LogP contribution is 2.22. The van der Waals surface area contributed by atoms with Crippen LogP contribution in [0.5, 0.6) is 5.75 Å². The average Bonchev–Trinajstić information content (AvgIpc) is 3.09. The lowest BCUT2D eigenvalue weighted by Crippen LogP contribution is -2.15. The van der Waals surface area contributed by atoms with E-state index in [-0.39, 0.29) is 18.3 Å². The molecule has 156 valence electrons. The van der Waals surface area contributed by atoms with Crippen molar-refractivity contribution in [2.45, 2.75) is 32.2 Å². The van der Waals surface area contributed by atoms with Gasteiger partial charge in [0, 0.05) is 16.7 Å². The maximum absolute atomic E-state index is 12.3. The summed E-state index contributed by atoms with van der Waals surface area (Å²) < 4.78 is 8.81. The van der Waals surface area contributed by atoms with E-state index in [0.29, 0.717) is 17.5 Å². The fraction of sp³-hybridized carbons (Fsp3) is 0.227. The van der Waals surface area contributed by atoms with Gasteiger partial charge in [-0.05, 0) is 49.7 Å². The molecule has 0 aliphatic rings. The number of aryl methyl sites for hydroxylation is 2. The maximum Gasteiger partial charge on any atom is 0.234 e. The van der Waals surface area contributed by atoms with E-state index in [2.05, 4.69) is 44.1 Å². The van der Waals surface area contributed by atoms with E-state index in [9.17, 15) is 4.79 Å². The lowest BCUT2D eigenvalue weighted by atomic mass is 10.1. The van der Waals surface area contributed by atoms with Gasteiger partial charge in [-0.25, -0.2) is 0 Å². The molecule has 3 aromatic rings. The molecule has 1 aromatic heterocycles. The number of rotatable bonds is 9. The number of hydrogen-bond donors (Lipinski definition) is 1. The third kappa shape index (κ3) is 5.96. The number of halogens is 1. The lowest BCUT2D eigenvalue weighted by Gasteiger charge is -2.11. The van der Waals surface area contributed by atoms with Crippen molar-refractivity contribution in [2.75, 3.05) is 11.1 Å². The Balaban J connectivity index is 1.62. The molecule has 0 spiro atoms. The number of nitrogens with zero attached hydrogens (tertiary/aromatic N) is 3. The zero-order valence-corrected chi connectivity index (χ0v) is 19.3. The number of thioether (sulfide) groups is 1. The van der Waals surface area contributed by atoms with E-state index < -0.39 is 0 Å². The Labute approximate surface area is 188 Å². The van der Waals surface area contributed by atoms with Gasteiger partial charge in [-0.1, -0.05) is 51.5 Å². The molecule has 0 aliphatic heterocycles. The zero-order chi connectivity index (χ0) is 21.5. The summed E-state index contributed by atoms with van der Waals surface area (Å²) in [7, 11) is 0. The average molecular weight is 487 g/mol. The van der Waals surface area contributed by atoms with Crippen LogP contribution in [0.2, 0.25) is 0 Å². The summed E-state index contributed by atoms with van der Waals surface area (Å²) in [4.78, 5) is 12.3. The van der Waals surface area contributed by atoms with E-state index in [1.807, 2.05) is 54.8 Å². The molecule has 0 radical (unpaired) electrons. The topological polar surface area (TPSA) is 69.0 Å². The standard InChI is InChI=1S/C22H23BrN4O2S/c1-4-11-27-20(13-29-19-10-5-15(2)12-16(19)3)25-26-22(27)30-14-21(28)24-18-8-6-17(23)7-9-18/h4-10,12H,1,11,13-14H2,2-3H3,(H,24,28). The minimum atomic E-state index is -0.108. The number of carbonyl (C=O) groups is 1. The quantitative estimate of drug-likeness (QED) is 0.334. The van der Waals surface area contributed by atoms with Crippen LogP contribution in [0.25, 0.3) is 0 Å². The smallest absolute Gasteiger partial charge is 0.234 e. The molecule has 0 saturated heterocycles. The molecule has 0 aliphatic carbocycles. The van der Waals surface area contributed by atoms with E-state index >= 15 is 0 Å². The second-order valence-electron chi connectivity index (χ2n) is 6.70. The molecule has 30 heavy (non-hydrogen) atoms. The fourth-order valence-corrected chi connectivity index (χ4v) is 3.84. The zero-order valence-electron chi connectivity index (χ0n) is 16.9. The number of nitrogens with one attached hydrogen (secondary N) is 1. The SMILES string of the molecule is C=CCn1c(COc2ccc(C)cc2C)nnc1SCC(=O)Nc1ccc(Br)cc1. The van der Waals surface area contributed by atoms with Crippen molar-refractivity contribution in [1.29, 1.82) is 0 Å². The fourth-order valence-electron chi connectivity index (χ4n) is 2.81. The third-order valence-electron chi connectivity index (χ3n) is 4.25. The number of allylic oxidation sites excluding steroid dienone is 1. The Morgan fingerprint density at radius 3 is 2.70 bits per heavy atom. The lowest BCUT2D eigenvalue weighted by molar-refractivity contribution is -0.113. The predicted octanol–water partition coefficient (Wildman–Crippen LogP) is 5.15. The predicted molar refractivity (Wildman–Crippen MR) is 124 cm³/mol. The first-order chi connectivity index (χ1) is 14.5. The van der Waals surface area contributed by atoms with Crippen LogP contribution in [0, 0.1) is 13.8 Å². The van der Waals surface area contributed by atoms with E-state index in [4.69, 9.17) is 4.74 Å². The molecule has 1 N–H and O–H groups in total. The number of carbonyl (C=O) groups excluding carboxylic acids is 1. The van der Waals surface area contributed by atoms with Crippen LogP contribution in [0.15, 0.2) is 64.7 Å². The van der Waals surface area contributed by atoms with Gasteiger partial charge >= 0.3 is 0 Å². The first kappa shape index (κ1) is 22.1. The Hall–Kier alpha value is -2.58. The van der Waals surface area contributed by atoms with Gasteiger partial charge in [-0.2, -0.15) is 0 Å². The van der Waals surface area contributed by atoms with Crippen LogP contribution >= 0.6 is 27.7 Å². The van der Waals surface area contributed by atoms with Crippen LogP contribution in [-0.4, -0.2) is 26.4 Å². The molecule has 1 amide bonds. The van der Waals surface area contributed by atoms with Gasteiger partial charge in [-0.15, -0.1) is 16.8 Å². The Bertz CT molecular complexity index is 1030. The molecule has 2 aromatic carbocycles. The number of ether oxygens (including phenoxy) is 1. The van der Waals surface area contributed by atoms with E-state index in [0.717, 1.165) is 21.5 Å². The van der Waals surface area contributed by atoms with Crippen molar-refractivity contribution in [3.8, 4) is 5.75 Å². The molecule has 0 fully saturated rings. The third-order valence-corrected chi connectivity index (χ3v) is 5.75. The van der Waals surface area contributed by atoms with Crippen molar-refractivity contribution >= 4 is 39.3 Å². The molecule has 1 heterocycles. The van der Waals surface area contributed by atoms with Crippen LogP contribution in [0.3, 0.4) is 0 Å². The normalized spacial score (nSPS) is 10.6. The Kier molecular flexibility index (Phi) is 7.70. The molecule has 8 heteroatoms. The number of anilines is 1. The van der Waals surface area contributed by atoms with E-state index in [1.54, 1.807) is 6.08 Å². The largest absolute Gasteiger partial charge is 0.485 e. The van der Waals surface area contributed by atoms with Crippen molar-refractivity contribution in [1.82, 2.24) is 14.8 Å². The van der Waals surface area contributed by atoms with Gasteiger partial charge in [0.25, 0.3) is 0 Å². The first-order valence-electron chi connectivity index (χ1n) is 9.37. The van der Waals surface area contributed by atoms with Gasteiger partial charge in [-0.3, -0.25) is 9.36 Å². The highest BCUT2D eigenvalue weighted by molar-refractivity contribution is 9.10.